The van der Waals surface area contributed by atoms with Crippen molar-refractivity contribution < 1.29 is 0 Å². The van der Waals surface area contributed by atoms with Crippen LogP contribution in [0.15, 0.2) is 6.20 Å². The molecule has 0 bridgehead atoms. The van der Waals surface area contributed by atoms with Gasteiger partial charge in [-0.05, 0) is 39.8 Å². The van der Waals surface area contributed by atoms with Gasteiger partial charge in [-0.2, -0.15) is 4.98 Å². The van der Waals surface area contributed by atoms with E-state index in [1.165, 1.54) is 25.8 Å². The van der Waals surface area contributed by atoms with Crippen LogP contribution in [0.2, 0.25) is 0 Å². The molecule has 0 aliphatic carbocycles. The van der Waals surface area contributed by atoms with Crippen LogP contribution in [0.3, 0.4) is 0 Å². The molecule has 112 valence electrons. The monoisotopic (exact) mass is 277 g/mol. The maximum absolute atomic E-state index is 4.57. The quantitative estimate of drug-likeness (QED) is 0.837. The number of nitrogens with one attached hydrogen (secondary N) is 2. The number of anilines is 2. The van der Waals surface area contributed by atoms with E-state index in [0.29, 0.717) is 6.04 Å². The van der Waals surface area contributed by atoms with Gasteiger partial charge in [0.2, 0.25) is 5.95 Å². The van der Waals surface area contributed by atoms with Crippen LogP contribution in [0.5, 0.6) is 0 Å². The number of likely N-dealkylation sites (N-methyl/N-ethyl adjacent to an activating group) is 1. The first-order chi connectivity index (χ1) is 9.70. The Hall–Kier alpha value is -1.36. The summed E-state index contributed by atoms with van der Waals surface area (Å²) >= 11 is 0. The Labute approximate surface area is 122 Å². The molecule has 2 N–H and O–H groups in total. The highest BCUT2D eigenvalue weighted by Crippen LogP contribution is 2.17. The highest BCUT2D eigenvalue weighted by atomic mass is 15.2. The van der Waals surface area contributed by atoms with Gasteiger partial charge in [-0.25, -0.2) is 4.98 Å². The first-order valence-electron chi connectivity index (χ1n) is 7.72. The number of nitrogens with zero attached hydrogens (tertiary/aromatic N) is 3. The molecule has 5 nitrogen and oxygen atoms in total. The SMILES string of the molecule is CCCNc1ncc(C)c(NCC2CCCCN2C)n1. The van der Waals surface area contributed by atoms with Crippen molar-refractivity contribution >= 4 is 11.8 Å². The summed E-state index contributed by atoms with van der Waals surface area (Å²) in [5.74, 6) is 1.68. The van der Waals surface area contributed by atoms with Crippen LogP contribution in [0.4, 0.5) is 11.8 Å². The fourth-order valence-corrected chi connectivity index (χ4v) is 2.56. The van der Waals surface area contributed by atoms with Gasteiger partial charge in [0.25, 0.3) is 0 Å². The molecule has 1 aliphatic rings. The molecule has 2 rings (SSSR count). The molecule has 1 unspecified atom stereocenters. The number of likely N-dealkylation sites (tertiary alicyclic amines) is 1. The lowest BCUT2D eigenvalue weighted by Crippen LogP contribution is -2.40. The van der Waals surface area contributed by atoms with Crippen molar-refractivity contribution in [2.45, 2.75) is 45.6 Å². The summed E-state index contributed by atoms with van der Waals surface area (Å²) in [7, 11) is 2.21. The zero-order valence-corrected chi connectivity index (χ0v) is 12.9. The minimum absolute atomic E-state index is 0.616. The standard InChI is InChI=1S/C15H27N5/c1-4-8-16-15-18-10-12(2)14(19-15)17-11-13-7-5-6-9-20(13)3/h10,13H,4-9,11H2,1-3H3,(H2,16,17,18,19). The minimum Gasteiger partial charge on any atom is -0.368 e. The zero-order valence-electron chi connectivity index (χ0n) is 12.9. The second kappa shape index (κ2) is 7.43. The number of aryl methyl sites for hydroxylation is 1. The number of hydrogen-bond donors (Lipinski definition) is 2. The van der Waals surface area contributed by atoms with Gasteiger partial charge >= 0.3 is 0 Å². The summed E-state index contributed by atoms with van der Waals surface area (Å²) < 4.78 is 0. The van der Waals surface area contributed by atoms with Gasteiger partial charge in [-0.3, -0.25) is 0 Å². The lowest BCUT2D eigenvalue weighted by atomic mass is 10.0. The predicted molar refractivity (Wildman–Crippen MR) is 84.3 cm³/mol. The van der Waals surface area contributed by atoms with E-state index in [1.807, 2.05) is 6.20 Å². The van der Waals surface area contributed by atoms with Crippen LogP contribution < -0.4 is 10.6 Å². The van der Waals surface area contributed by atoms with Crippen molar-refractivity contribution in [3.8, 4) is 0 Å². The lowest BCUT2D eigenvalue weighted by Gasteiger charge is -2.32. The zero-order chi connectivity index (χ0) is 14.4. The maximum Gasteiger partial charge on any atom is 0.224 e. The van der Waals surface area contributed by atoms with Crippen LogP contribution in [-0.2, 0) is 0 Å². The van der Waals surface area contributed by atoms with Crippen molar-refractivity contribution in [3.63, 3.8) is 0 Å². The van der Waals surface area contributed by atoms with Crippen molar-refractivity contribution in [1.29, 1.82) is 0 Å². The minimum atomic E-state index is 0.616. The van der Waals surface area contributed by atoms with Gasteiger partial charge in [0.1, 0.15) is 5.82 Å². The van der Waals surface area contributed by atoms with Crippen LogP contribution in [-0.4, -0.2) is 47.6 Å². The molecule has 1 aliphatic heterocycles. The van der Waals surface area contributed by atoms with E-state index in [0.717, 1.165) is 36.8 Å². The Morgan fingerprint density at radius 1 is 1.35 bits per heavy atom. The van der Waals surface area contributed by atoms with Gasteiger partial charge in [0.15, 0.2) is 0 Å². The predicted octanol–water partition coefficient (Wildman–Crippen LogP) is 2.50. The van der Waals surface area contributed by atoms with E-state index < -0.39 is 0 Å². The Bertz CT molecular complexity index is 421. The molecule has 0 saturated carbocycles. The smallest absolute Gasteiger partial charge is 0.224 e. The Morgan fingerprint density at radius 2 is 2.20 bits per heavy atom. The molecule has 1 aromatic heterocycles. The number of aromatic nitrogens is 2. The normalized spacial score (nSPS) is 19.9. The van der Waals surface area contributed by atoms with Gasteiger partial charge in [-0.1, -0.05) is 13.3 Å². The van der Waals surface area contributed by atoms with E-state index in [-0.39, 0.29) is 0 Å². The van der Waals surface area contributed by atoms with Crippen LogP contribution in [0, 0.1) is 6.92 Å². The van der Waals surface area contributed by atoms with Crippen LogP contribution >= 0.6 is 0 Å². The highest BCUT2D eigenvalue weighted by molar-refractivity contribution is 5.46. The molecule has 20 heavy (non-hydrogen) atoms. The Morgan fingerprint density at radius 3 is 2.95 bits per heavy atom. The third-order valence-corrected chi connectivity index (χ3v) is 3.93. The molecule has 0 aromatic carbocycles. The summed E-state index contributed by atoms with van der Waals surface area (Å²) in [5.41, 5.74) is 1.10. The number of hydrogen-bond acceptors (Lipinski definition) is 5. The molecule has 0 radical (unpaired) electrons. The molecule has 2 heterocycles. The first-order valence-corrected chi connectivity index (χ1v) is 7.72. The largest absolute Gasteiger partial charge is 0.368 e. The molecule has 0 spiro atoms. The van der Waals surface area contributed by atoms with Crippen molar-refractivity contribution in [3.05, 3.63) is 11.8 Å². The molecule has 0 amide bonds. The highest BCUT2D eigenvalue weighted by Gasteiger charge is 2.18. The summed E-state index contributed by atoms with van der Waals surface area (Å²) in [6.07, 6.45) is 6.90. The van der Waals surface area contributed by atoms with Gasteiger partial charge in [0.05, 0.1) is 0 Å². The summed E-state index contributed by atoms with van der Waals surface area (Å²) in [5, 5.41) is 6.73. The Balaban J connectivity index is 1.93. The second-order valence-electron chi connectivity index (χ2n) is 5.66. The maximum atomic E-state index is 4.57. The number of rotatable bonds is 6. The Kier molecular flexibility index (Phi) is 5.59. The van der Waals surface area contributed by atoms with Crippen molar-refractivity contribution in [1.82, 2.24) is 14.9 Å². The van der Waals surface area contributed by atoms with Crippen LogP contribution in [0.1, 0.15) is 38.2 Å². The van der Waals surface area contributed by atoms with E-state index in [1.54, 1.807) is 0 Å². The molecular weight excluding hydrogens is 250 g/mol. The van der Waals surface area contributed by atoms with Crippen LogP contribution in [0.25, 0.3) is 0 Å². The fourth-order valence-electron chi connectivity index (χ4n) is 2.56. The van der Waals surface area contributed by atoms with E-state index in [9.17, 15) is 0 Å². The van der Waals surface area contributed by atoms with Crippen molar-refractivity contribution in [2.75, 3.05) is 37.3 Å². The molecule has 1 aromatic rings. The third-order valence-electron chi connectivity index (χ3n) is 3.93. The van der Waals surface area contributed by atoms with Gasteiger partial charge in [0, 0.05) is 30.9 Å². The van der Waals surface area contributed by atoms with Crippen molar-refractivity contribution in [2.24, 2.45) is 0 Å². The average Bonchev–Trinajstić information content (AvgIpc) is 2.46. The summed E-state index contributed by atoms with van der Waals surface area (Å²) in [6.45, 7) is 7.27. The fraction of sp³-hybridized carbons (Fsp3) is 0.733. The molecule has 5 heteroatoms. The number of piperidine rings is 1. The molecule has 1 saturated heterocycles. The topological polar surface area (TPSA) is 53.1 Å². The molecule has 1 atom stereocenters. The second-order valence-corrected chi connectivity index (χ2v) is 5.66. The first kappa shape index (κ1) is 15.0. The molecular formula is C15H27N5. The lowest BCUT2D eigenvalue weighted by molar-refractivity contribution is 0.194. The average molecular weight is 277 g/mol. The summed E-state index contributed by atoms with van der Waals surface area (Å²) in [6, 6.07) is 0.616. The van der Waals surface area contributed by atoms with E-state index >= 15 is 0 Å². The summed E-state index contributed by atoms with van der Waals surface area (Å²) in [4.78, 5) is 11.3. The van der Waals surface area contributed by atoms with Gasteiger partial charge < -0.3 is 15.5 Å². The van der Waals surface area contributed by atoms with E-state index in [2.05, 4.69) is 46.4 Å². The van der Waals surface area contributed by atoms with Gasteiger partial charge in [-0.15, -0.1) is 0 Å². The van der Waals surface area contributed by atoms with E-state index in [4.69, 9.17) is 0 Å². The third kappa shape index (κ3) is 4.07. The molecule has 1 fully saturated rings.